The zero-order valence-electron chi connectivity index (χ0n) is 22.6. The number of rotatable bonds is 8. The van der Waals surface area contributed by atoms with E-state index in [0.717, 1.165) is 81.1 Å². The highest BCUT2D eigenvalue weighted by atomic mass is 16.5. The Bertz CT molecular complexity index is 1210. The van der Waals surface area contributed by atoms with Crippen LogP contribution in [0.25, 0.3) is 5.57 Å². The van der Waals surface area contributed by atoms with E-state index in [1.165, 1.54) is 12.0 Å². The van der Waals surface area contributed by atoms with Crippen molar-refractivity contribution in [2.75, 3.05) is 31.1 Å². The lowest BCUT2D eigenvalue weighted by Crippen LogP contribution is -2.46. The van der Waals surface area contributed by atoms with Crippen LogP contribution in [0.15, 0.2) is 66.9 Å². The van der Waals surface area contributed by atoms with Gasteiger partial charge in [0.05, 0.1) is 6.10 Å². The molecule has 3 aliphatic rings. The maximum absolute atomic E-state index is 13.3. The van der Waals surface area contributed by atoms with E-state index < -0.39 is 0 Å². The van der Waals surface area contributed by atoms with Gasteiger partial charge in [0.2, 0.25) is 0 Å². The summed E-state index contributed by atoms with van der Waals surface area (Å²) in [5, 5.41) is 0. The molecule has 6 nitrogen and oxygen atoms in total. The fraction of sp³-hybridized carbons (Fsp3) is 0.438. The van der Waals surface area contributed by atoms with Crippen LogP contribution in [0.3, 0.4) is 0 Å². The second kappa shape index (κ2) is 12.4. The molecule has 1 aliphatic heterocycles. The SMILES string of the molecule is CC(C)OC(=O)c1c(C2=CC=CCC2)ccnc1N1CCN(Cc2cccc(OC3C=CCCC3)c2)CC1. The van der Waals surface area contributed by atoms with Crippen molar-refractivity contribution in [2.24, 2.45) is 0 Å². The molecule has 1 fully saturated rings. The van der Waals surface area contributed by atoms with Gasteiger partial charge >= 0.3 is 5.97 Å². The molecule has 0 bridgehead atoms. The first-order valence-electron chi connectivity index (χ1n) is 14.0. The van der Waals surface area contributed by atoms with Gasteiger partial charge in [0, 0.05) is 38.9 Å². The molecule has 1 saturated heterocycles. The summed E-state index contributed by atoms with van der Waals surface area (Å²) in [6.45, 7) is 8.06. The van der Waals surface area contributed by atoms with Crippen LogP contribution in [0.1, 0.15) is 67.4 Å². The first kappa shape index (κ1) is 26.2. The normalized spacial score (nSPS) is 19.9. The van der Waals surface area contributed by atoms with Crippen molar-refractivity contribution in [3.8, 4) is 5.75 Å². The number of ether oxygens (including phenoxy) is 2. The van der Waals surface area contributed by atoms with Gasteiger partial charge in [-0.2, -0.15) is 0 Å². The fourth-order valence-electron chi connectivity index (χ4n) is 5.41. The van der Waals surface area contributed by atoms with Crippen LogP contribution >= 0.6 is 0 Å². The van der Waals surface area contributed by atoms with Crippen molar-refractivity contribution in [1.82, 2.24) is 9.88 Å². The molecule has 1 aromatic heterocycles. The van der Waals surface area contributed by atoms with E-state index >= 15 is 0 Å². The lowest BCUT2D eigenvalue weighted by atomic mass is 9.94. The molecule has 1 aromatic carbocycles. The van der Waals surface area contributed by atoms with Crippen molar-refractivity contribution < 1.29 is 14.3 Å². The summed E-state index contributed by atoms with van der Waals surface area (Å²) < 4.78 is 11.9. The summed E-state index contributed by atoms with van der Waals surface area (Å²) in [5.41, 5.74) is 3.96. The summed E-state index contributed by atoms with van der Waals surface area (Å²) in [6.07, 6.45) is 17.9. The molecule has 2 heterocycles. The van der Waals surface area contributed by atoms with E-state index in [0.29, 0.717) is 5.56 Å². The van der Waals surface area contributed by atoms with E-state index in [-0.39, 0.29) is 18.2 Å². The maximum Gasteiger partial charge on any atom is 0.342 e. The molecule has 0 amide bonds. The van der Waals surface area contributed by atoms with Gasteiger partial charge < -0.3 is 14.4 Å². The monoisotopic (exact) mass is 513 g/mol. The van der Waals surface area contributed by atoms with E-state index in [1.807, 2.05) is 26.1 Å². The van der Waals surface area contributed by atoms with Gasteiger partial charge in [-0.15, -0.1) is 0 Å². The molecule has 1 unspecified atom stereocenters. The molecular weight excluding hydrogens is 474 g/mol. The van der Waals surface area contributed by atoms with Gasteiger partial charge in [0.25, 0.3) is 0 Å². The zero-order chi connectivity index (χ0) is 26.3. The number of hydrogen-bond acceptors (Lipinski definition) is 6. The Hall–Kier alpha value is -3.38. The van der Waals surface area contributed by atoms with Crippen LogP contribution in [-0.4, -0.2) is 54.2 Å². The van der Waals surface area contributed by atoms with Crippen molar-refractivity contribution in [3.63, 3.8) is 0 Å². The number of carbonyl (C=O) groups is 1. The number of hydrogen-bond donors (Lipinski definition) is 0. The van der Waals surface area contributed by atoms with Crippen LogP contribution in [0.2, 0.25) is 0 Å². The molecule has 0 radical (unpaired) electrons. The first-order chi connectivity index (χ1) is 18.6. The molecule has 5 rings (SSSR count). The molecule has 6 heteroatoms. The predicted octanol–water partition coefficient (Wildman–Crippen LogP) is 6.19. The minimum Gasteiger partial charge on any atom is -0.486 e. The molecule has 0 spiro atoms. The summed E-state index contributed by atoms with van der Waals surface area (Å²) in [6, 6.07) is 10.4. The standard InChI is InChI=1S/C32H39N3O3/c1-24(2)37-32(36)30-29(26-11-5-3-6-12-26)16-17-33-31(30)35-20-18-34(19-21-35)23-25-10-9-15-28(22-25)38-27-13-7-4-8-14-27/h3,5,7,9-11,13,15-17,22,24,27H,4,6,8,12,14,18-21,23H2,1-2H3. The quantitative estimate of drug-likeness (QED) is 0.310. The second-order valence-corrected chi connectivity index (χ2v) is 10.6. The van der Waals surface area contributed by atoms with Gasteiger partial charge in [0.1, 0.15) is 23.2 Å². The minimum absolute atomic E-state index is 0.183. The molecule has 0 saturated carbocycles. The fourth-order valence-corrected chi connectivity index (χ4v) is 5.41. The van der Waals surface area contributed by atoms with Crippen molar-refractivity contribution in [1.29, 1.82) is 0 Å². The maximum atomic E-state index is 13.3. The number of anilines is 1. The van der Waals surface area contributed by atoms with Crippen LogP contribution in [0.4, 0.5) is 5.82 Å². The van der Waals surface area contributed by atoms with Crippen LogP contribution < -0.4 is 9.64 Å². The highest BCUT2D eigenvalue weighted by molar-refractivity contribution is 6.00. The molecular formula is C32H39N3O3. The second-order valence-electron chi connectivity index (χ2n) is 10.6. The number of pyridine rings is 1. The number of benzene rings is 1. The smallest absolute Gasteiger partial charge is 0.342 e. The Morgan fingerprint density at radius 1 is 1.11 bits per heavy atom. The van der Waals surface area contributed by atoms with E-state index in [9.17, 15) is 4.79 Å². The number of carbonyl (C=O) groups excluding carboxylic acids is 1. The summed E-state index contributed by atoms with van der Waals surface area (Å²) in [5.74, 6) is 1.39. The van der Waals surface area contributed by atoms with E-state index in [2.05, 4.69) is 64.4 Å². The van der Waals surface area contributed by atoms with E-state index in [4.69, 9.17) is 14.5 Å². The third kappa shape index (κ3) is 6.54. The Balaban J connectivity index is 1.27. The Morgan fingerprint density at radius 3 is 2.71 bits per heavy atom. The van der Waals surface area contributed by atoms with Crippen molar-refractivity contribution in [2.45, 2.75) is 64.7 Å². The topological polar surface area (TPSA) is 54.9 Å². The third-order valence-electron chi connectivity index (χ3n) is 7.31. The van der Waals surface area contributed by atoms with Gasteiger partial charge in [-0.1, -0.05) is 36.4 Å². The predicted molar refractivity (Wildman–Crippen MR) is 152 cm³/mol. The van der Waals surface area contributed by atoms with Crippen LogP contribution in [0, 0.1) is 0 Å². The average molecular weight is 514 g/mol. The molecule has 38 heavy (non-hydrogen) atoms. The largest absolute Gasteiger partial charge is 0.486 e. The summed E-state index contributed by atoms with van der Waals surface area (Å²) in [4.78, 5) is 22.7. The Labute approximate surface area is 226 Å². The summed E-state index contributed by atoms with van der Waals surface area (Å²) in [7, 11) is 0. The molecule has 2 aromatic rings. The Kier molecular flexibility index (Phi) is 8.59. The van der Waals surface area contributed by atoms with Gasteiger partial charge in [-0.3, -0.25) is 4.90 Å². The Morgan fingerprint density at radius 2 is 1.97 bits per heavy atom. The molecule has 1 atom stereocenters. The average Bonchev–Trinajstić information content (AvgIpc) is 2.94. The minimum atomic E-state index is -0.291. The zero-order valence-corrected chi connectivity index (χ0v) is 22.6. The van der Waals surface area contributed by atoms with Crippen LogP contribution in [-0.2, 0) is 11.3 Å². The first-order valence-corrected chi connectivity index (χ1v) is 14.0. The van der Waals surface area contributed by atoms with Gasteiger partial charge in [-0.05, 0) is 86.9 Å². The molecule has 200 valence electrons. The van der Waals surface area contributed by atoms with Crippen molar-refractivity contribution in [3.05, 3.63) is 83.6 Å². The van der Waals surface area contributed by atoms with E-state index in [1.54, 1.807) is 0 Å². The highest BCUT2D eigenvalue weighted by Gasteiger charge is 2.28. The summed E-state index contributed by atoms with van der Waals surface area (Å²) >= 11 is 0. The van der Waals surface area contributed by atoms with Crippen LogP contribution in [0.5, 0.6) is 5.75 Å². The lowest BCUT2D eigenvalue weighted by molar-refractivity contribution is 0.0377. The van der Waals surface area contributed by atoms with Gasteiger partial charge in [0.15, 0.2) is 0 Å². The third-order valence-corrected chi connectivity index (χ3v) is 7.31. The molecule has 2 aliphatic carbocycles. The highest BCUT2D eigenvalue weighted by Crippen LogP contribution is 2.32. The number of piperazine rings is 1. The number of aromatic nitrogens is 1. The lowest BCUT2D eigenvalue weighted by Gasteiger charge is -2.36. The number of esters is 1. The van der Waals surface area contributed by atoms with Crippen molar-refractivity contribution >= 4 is 17.4 Å². The number of nitrogens with zero attached hydrogens (tertiary/aromatic N) is 3. The molecule has 0 N–H and O–H groups in total. The van der Waals surface area contributed by atoms with Gasteiger partial charge in [-0.25, -0.2) is 9.78 Å². The number of allylic oxidation sites excluding steroid dienone is 5.